The van der Waals surface area contributed by atoms with E-state index in [2.05, 4.69) is 5.32 Å². The zero-order valence-corrected chi connectivity index (χ0v) is 10.5. The molecule has 0 aromatic heterocycles. The van der Waals surface area contributed by atoms with Crippen molar-refractivity contribution in [3.05, 3.63) is 0 Å². The number of hydrogen-bond acceptors (Lipinski definition) is 3. The van der Waals surface area contributed by atoms with Crippen LogP contribution >= 0.6 is 0 Å². The van der Waals surface area contributed by atoms with Crippen molar-refractivity contribution < 1.29 is 14.7 Å². The van der Waals surface area contributed by atoms with Gasteiger partial charge in [0.15, 0.2) is 0 Å². The zero-order valence-electron chi connectivity index (χ0n) is 10.5. The summed E-state index contributed by atoms with van der Waals surface area (Å²) < 4.78 is 0. The Labute approximate surface area is 96.8 Å². The van der Waals surface area contributed by atoms with Crippen molar-refractivity contribution in [3.8, 4) is 0 Å². The second kappa shape index (κ2) is 7.22. The van der Waals surface area contributed by atoms with Crippen LogP contribution < -0.4 is 5.32 Å². The first-order chi connectivity index (χ1) is 7.40. The van der Waals surface area contributed by atoms with Gasteiger partial charge in [-0.3, -0.25) is 14.5 Å². The molecule has 5 heteroatoms. The summed E-state index contributed by atoms with van der Waals surface area (Å²) in [5.41, 5.74) is 0. The molecule has 0 rings (SSSR count). The quantitative estimate of drug-likeness (QED) is 0.670. The fraction of sp³-hybridized carbons (Fsp3) is 0.818. The predicted octanol–water partition coefficient (Wildman–Crippen LogP) is 0.554. The van der Waals surface area contributed by atoms with E-state index in [0.29, 0.717) is 13.1 Å². The first kappa shape index (κ1) is 14.9. The van der Waals surface area contributed by atoms with E-state index in [0.717, 1.165) is 6.42 Å². The lowest BCUT2D eigenvalue weighted by Gasteiger charge is -2.25. The largest absolute Gasteiger partial charge is 0.481 e. The Bertz CT molecular complexity index is 243. The molecule has 0 heterocycles. The summed E-state index contributed by atoms with van der Waals surface area (Å²) in [5, 5.41) is 11.6. The summed E-state index contributed by atoms with van der Waals surface area (Å²) >= 11 is 0. The maximum Gasteiger partial charge on any atom is 0.307 e. The van der Waals surface area contributed by atoms with Crippen LogP contribution in [-0.4, -0.2) is 48.1 Å². The molecule has 2 unspecified atom stereocenters. The van der Waals surface area contributed by atoms with Crippen LogP contribution in [-0.2, 0) is 9.59 Å². The third-order valence-electron chi connectivity index (χ3n) is 2.57. The van der Waals surface area contributed by atoms with E-state index in [1.54, 1.807) is 25.8 Å². The van der Waals surface area contributed by atoms with Gasteiger partial charge in [-0.05, 0) is 20.4 Å². The summed E-state index contributed by atoms with van der Waals surface area (Å²) in [6.07, 6.45) is 0.897. The number of nitrogens with zero attached hydrogens (tertiary/aromatic N) is 1. The molecular weight excluding hydrogens is 208 g/mol. The summed E-state index contributed by atoms with van der Waals surface area (Å²) in [4.78, 5) is 24.0. The fourth-order valence-electron chi connectivity index (χ4n) is 1.26. The van der Waals surface area contributed by atoms with Crippen LogP contribution in [0.15, 0.2) is 0 Å². The highest BCUT2D eigenvalue weighted by Gasteiger charge is 2.21. The van der Waals surface area contributed by atoms with Gasteiger partial charge in [-0.2, -0.15) is 0 Å². The standard InChI is InChI=1S/C11H22N2O3/c1-5-6-12-10(14)9(3)13(4)7-8(2)11(15)16/h8-9H,5-7H2,1-4H3,(H,12,14)(H,15,16). The van der Waals surface area contributed by atoms with Gasteiger partial charge in [-0.15, -0.1) is 0 Å². The normalized spacial score (nSPS) is 14.6. The first-order valence-corrected chi connectivity index (χ1v) is 5.60. The minimum atomic E-state index is -0.840. The number of carbonyl (C=O) groups is 2. The summed E-state index contributed by atoms with van der Waals surface area (Å²) in [6.45, 7) is 6.43. The maximum atomic E-state index is 11.6. The van der Waals surface area contributed by atoms with E-state index in [4.69, 9.17) is 5.11 Å². The van der Waals surface area contributed by atoms with Crippen molar-refractivity contribution in [2.24, 2.45) is 5.92 Å². The summed E-state index contributed by atoms with van der Waals surface area (Å²) in [6, 6.07) is -0.298. The van der Waals surface area contributed by atoms with Crippen molar-refractivity contribution >= 4 is 11.9 Å². The van der Waals surface area contributed by atoms with Crippen LogP contribution in [0.5, 0.6) is 0 Å². The topological polar surface area (TPSA) is 69.6 Å². The molecule has 2 atom stereocenters. The fourth-order valence-corrected chi connectivity index (χ4v) is 1.26. The predicted molar refractivity (Wildman–Crippen MR) is 62.2 cm³/mol. The Morgan fingerprint density at radius 2 is 1.94 bits per heavy atom. The van der Waals surface area contributed by atoms with Crippen molar-refractivity contribution in [1.29, 1.82) is 0 Å². The Balaban J connectivity index is 4.11. The van der Waals surface area contributed by atoms with Gasteiger partial charge in [-0.25, -0.2) is 0 Å². The third-order valence-corrected chi connectivity index (χ3v) is 2.57. The number of aliphatic carboxylic acids is 1. The Kier molecular flexibility index (Phi) is 6.72. The number of hydrogen-bond donors (Lipinski definition) is 2. The van der Waals surface area contributed by atoms with Crippen molar-refractivity contribution in [2.45, 2.75) is 33.2 Å². The zero-order chi connectivity index (χ0) is 12.7. The molecule has 0 aromatic carbocycles. The lowest BCUT2D eigenvalue weighted by molar-refractivity contribution is -0.142. The van der Waals surface area contributed by atoms with Crippen molar-refractivity contribution in [2.75, 3.05) is 20.1 Å². The van der Waals surface area contributed by atoms with E-state index < -0.39 is 11.9 Å². The highest BCUT2D eigenvalue weighted by Crippen LogP contribution is 2.02. The molecule has 0 saturated heterocycles. The molecule has 0 aromatic rings. The summed E-state index contributed by atoms with van der Waals surface area (Å²) in [7, 11) is 1.76. The summed E-state index contributed by atoms with van der Waals surface area (Å²) in [5.74, 6) is -1.36. The van der Waals surface area contributed by atoms with Gasteiger partial charge in [-0.1, -0.05) is 13.8 Å². The van der Waals surface area contributed by atoms with Gasteiger partial charge in [0.05, 0.1) is 12.0 Å². The van der Waals surface area contributed by atoms with Crippen LogP contribution in [0.2, 0.25) is 0 Å². The first-order valence-electron chi connectivity index (χ1n) is 5.60. The molecule has 5 nitrogen and oxygen atoms in total. The highest BCUT2D eigenvalue weighted by atomic mass is 16.4. The van der Waals surface area contributed by atoms with E-state index >= 15 is 0 Å². The number of likely N-dealkylation sites (N-methyl/N-ethyl adjacent to an activating group) is 1. The molecule has 0 radical (unpaired) electrons. The molecule has 94 valence electrons. The number of carbonyl (C=O) groups excluding carboxylic acids is 1. The van der Waals surface area contributed by atoms with Gasteiger partial charge in [0, 0.05) is 13.1 Å². The molecule has 0 spiro atoms. The number of rotatable bonds is 7. The molecule has 0 saturated carbocycles. The number of carboxylic acid groups (broad SMARTS) is 1. The minimum absolute atomic E-state index is 0.0538. The Hall–Kier alpha value is -1.10. The van der Waals surface area contributed by atoms with E-state index in [1.807, 2.05) is 6.92 Å². The maximum absolute atomic E-state index is 11.6. The second-order valence-electron chi connectivity index (χ2n) is 4.15. The van der Waals surface area contributed by atoms with Crippen molar-refractivity contribution in [1.82, 2.24) is 10.2 Å². The van der Waals surface area contributed by atoms with Crippen LogP contribution in [0.1, 0.15) is 27.2 Å². The Morgan fingerprint density at radius 3 is 2.38 bits per heavy atom. The number of amides is 1. The molecule has 0 fully saturated rings. The van der Waals surface area contributed by atoms with Crippen LogP contribution in [0, 0.1) is 5.92 Å². The van der Waals surface area contributed by atoms with Gasteiger partial charge < -0.3 is 10.4 Å². The van der Waals surface area contributed by atoms with Crippen molar-refractivity contribution in [3.63, 3.8) is 0 Å². The molecule has 1 amide bonds. The van der Waals surface area contributed by atoms with E-state index in [1.165, 1.54) is 0 Å². The van der Waals surface area contributed by atoms with E-state index in [-0.39, 0.29) is 11.9 Å². The highest BCUT2D eigenvalue weighted by molar-refractivity contribution is 5.81. The van der Waals surface area contributed by atoms with Gasteiger partial charge in [0.1, 0.15) is 0 Å². The molecule has 0 bridgehead atoms. The van der Waals surface area contributed by atoms with Gasteiger partial charge in [0.2, 0.25) is 5.91 Å². The molecule has 0 aliphatic heterocycles. The van der Waals surface area contributed by atoms with Crippen LogP contribution in [0.25, 0.3) is 0 Å². The van der Waals surface area contributed by atoms with Gasteiger partial charge in [0.25, 0.3) is 0 Å². The molecule has 16 heavy (non-hydrogen) atoms. The molecule has 0 aliphatic rings. The number of nitrogens with one attached hydrogen (secondary N) is 1. The van der Waals surface area contributed by atoms with E-state index in [9.17, 15) is 9.59 Å². The lowest BCUT2D eigenvalue weighted by Crippen LogP contribution is -2.45. The SMILES string of the molecule is CCCNC(=O)C(C)N(C)CC(C)C(=O)O. The monoisotopic (exact) mass is 230 g/mol. The van der Waals surface area contributed by atoms with Crippen LogP contribution in [0.3, 0.4) is 0 Å². The smallest absolute Gasteiger partial charge is 0.307 e. The second-order valence-corrected chi connectivity index (χ2v) is 4.15. The minimum Gasteiger partial charge on any atom is -0.481 e. The molecule has 0 aliphatic carbocycles. The van der Waals surface area contributed by atoms with Gasteiger partial charge >= 0.3 is 5.97 Å². The van der Waals surface area contributed by atoms with Crippen LogP contribution in [0.4, 0.5) is 0 Å². The molecular formula is C11H22N2O3. The third kappa shape index (κ3) is 5.11. The average Bonchev–Trinajstić information content (AvgIpc) is 2.24. The lowest BCUT2D eigenvalue weighted by atomic mass is 10.1. The average molecular weight is 230 g/mol. The Morgan fingerprint density at radius 1 is 1.38 bits per heavy atom. The molecule has 2 N–H and O–H groups in total. The number of carboxylic acids is 1.